The summed E-state index contributed by atoms with van der Waals surface area (Å²) in [5.41, 5.74) is 4.05. The minimum atomic E-state index is -0.842. The second kappa shape index (κ2) is 8.29. The molecule has 1 unspecified atom stereocenters. The van der Waals surface area contributed by atoms with Crippen LogP contribution in [0.2, 0.25) is 4.34 Å². The highest BCUT2D eigenvalue weighted by Crippen LogP contribution is 2.31. The maximum absolute atomic E-state index is 11.4. The number of hydrogen-bond acceptors (Lipinski definition) is 5. The number of nitrogens with zero attached hydrogens (tertiary/aromatic N) is 2. The second-order valence-electron chi connectivity index (χ2n) is 5.96. The van der Waals surface area contributed by atoms with Crippen LogP contribution in [0, 0.1) is 6.92 Å². The molecule has 4 nitrogen and oxygen atoms in total. The first kappa shape index (κ1) is 19.0. The van der Waals surface area contributed by atoms with E-state index in [0.717, 1.165) is 44.0 Å². The Morgan fingerprint density at radius 2 is 1.88 bits per heavy atom. The van der Waals surface area contributed by atoms with Crippen molar-refractivity contribution in [1.82, 2.24) is 9.97 Å². The molecule has 3 rings (SSSR count). The summed E-state index contributed by atoms with van der Waals surface area (Å²) in [6.07, 6.45) is 2.55. The van der Waals surface area contributed by atoms with Gasteiger partial charge in [-0.05, 0) is 43.2 Å². The van der Waals surface area contributed by atoms with Gasteiger partial charge in [0.25, 0.3) is 0 Å². The van der Waals surface area contributed by atoms with E-state index >= 15 is 0 Å². The molecular weight excluding hydrogens is 386 g/mol. The molecule has 0 radical (unpaired) electrons. The summed E-state index contributed by atoms with van der Waals surface area (Å²) in [5, 5.41) is 3.41. The first-order valence-electron chi connectivity index (χ1n) is 8.25. The zero-order chi connectivity index (χ0) is 18.7. The largest absolute Gasteiger partial charge is 0.340 e. The summed E-state index contributed by atoms with van der Waals surface area (Å²) in [4.78, 5) is 10.3. The lowest BCUT2D eigenvalue weighted by atomic mass is 10.1. The predicted molar refractivity (Wildman–Crippen MR) is 112 cm³/mol. The Balaban J connectivity index is 1.92. The molecular formula is C19H20ClN3OS2. The fourth-order valence-electron chi connectivity index (χ4n) is 2.72. The summed E-state index contributed by atoms with van der Waals surface area (Å²) >= 11 is 7.52. The van der Waals surface area contributed by atoms with Gasteiger partial charge in [0.2, 0.25) is 0 Å². The van der Waals surface area contributed by atoms with Gasteiger partial charge in [0, 0.05) is 39.8 Å². The van der Waals surface area contributed by atoms with Gasteiger partial charge in [-0.2, -0.15) is 0 Å². The SMILES string of the molecule is CCc1c(C)nc(-c2ccc(Cl)s2)nc1Nc1ccc(CS(C)=O)cc1. The molecule has 0 saturated carbocycles. The Morgan fingerprint density at radius 3 is 2.46 bits per heavy atom. The van der Waals surface area contributed by atoms with E-state index in [-0.39, 0.29) is 0 Å². The summed E-state index contributed by atoms with van der Waals surface area (Å²) in [6, 6.07) is 11.8. The van der Waals surface area contributed by atoms with E-state index in [1.807, 2.05) is 43.3 Å². The molecule has 0 fully saturated rings. The maximum atomic E-state index is 11.4. The first-order valence-corrected chi connectivity index (χ1v) is 11.2. The number of benzene rings is 1. The summed E-state index contributed by atoms with van der Waals surface area (Å²) in [6.45, 7) is 4.10. The molecule has 1 atom stereocenters. The molecule has 0 bridgehead atoms. The van der Waals surface area contributed by atoms with Crippen molar-refractivity contribution >= 4 is 45.2 Å². The Hall–Kier alpha value is -1.76. The van der Waals surface area contributed by atoms with Gasteiger partial charge in [0.15, 0.2) is 5.82 Å². The van der Waals surface area contributed by atoms with Crippen molar-refractivity contribution in [2.24, 2.45) is 0 Å². The minimum absolute atomic E-state index is 0.566. The van der Waals surface area contributed by atoms with E-state index in [1.54, 1.807) is 6.26 Å². The predicted octanol–water partition coefficient (Wildman–Crippen LogP) is 5.35. The monoisotopic (exact) mass is 405 g/mol. The number of halogens is 1. The van der Waals surface area contributed by atoms with E-state index in [9.17, 15) is 4.21 Å². The van der Waals surface area contributed by atoms with E-state index in [2.05, 4.69) is 17.2 Å². The quantitative estimate of drug-likeness (QED) is 0.600. The molecule has 3 aromatic rings. The topological polar surface area (TPSA) is 54.9 Å². The van der Waals surface area contributed by atoms with Crippen LogP contribution in [0.15, 0.2) is 36.4 Å². The molecule has 7 heteroatoms. The molecule has 0 saturated heterocycles. The van der Waals surface area contributed by atoms with Gasteiger partial charge in [0.1, 0.15) is 5.82 Å². The third kappa shape index (κ3) is 4.50. The average molecular weight is 406 g/mol. The molecule has 0 aliphatic rings. The number of thiophene rings is 1. The minimum Gasteiger partial charge on any atom is -0.340 e. The zero-order valence-electron chi connectivity index (χ0n) is 14.9. The lowest BCUT2D eigenvalue weighted by Crippen LogP contribution is -2.05. The van der Waals surface area contributed by atoms with Crippen molar-refractivity contribution in [3.05, 3.63) is 57.6 Å². The molecule has 1 aromatic carbocycles. The fraction of sp³-hybridized carbons (Fsp3) is 0.263. The Labute approximate surface area is 165 Å². The van der Waals surface area contributed by atoms with Crippen LogP contribution in [-0.2, 0) is 23.0 Å². The Morgan fingerprint density at radius 1 is 1.15 bits per heavy atom. The molecule has 0 amide bonds. The fourth-order valence-corrected chi connectivity index (χ4v) is 4.36. The highest BCUT2D eigenvalue weighted by Gasteiger charge is 2.13. The van der Waals surface area contributed by atoms with Gasteiger partial charge >= 0.3 is 0 Å². The van der Waals surface area contributed by atoms with Crippen LogP contribution in [0.4, 0.5) is 11.5 Å². The van der Waals surface area contributed by atoms with Gasteiger partial charge < -0.3 is 5.32 Å². The molecule has 2 heterocycles. The van der Waals surface area contributed by atoms with Crippen LogP contribution in [0.25, 0.3) is 10.7 Å². The number of aryl methyl sites for hydroxylation is 1. The highest BCUT2D eigenvalue weighted by molar-refractivity contribution is 7.83. The van der Waals surface area contributed by atoms with Crippen molar-refractivity contribution in [2.75, 3.05) is 11.6 Å². The summed E-state index contributed by atoms with van der Waals surface area (Å²) < 4.78 is 12.1. The average Bonchev–Trinajstić information content (AvgIpc) is 3.02. The van der Waals surface area contributed by atoms with Gasteiger partial charge in [-0.1, -0.05) is 30.7 Å². The zero-order valence-corrected chi connectivity index (χ0v) is 17.3. The van der Waals surface area contributed by atoms with Crippen molar-refractivity contribution < 1.29 is 4.21 Å². The maximum Gasteiger partial charge on any atom is 0.171 e. The lowest BCUT2D eigenvalue weighted by Gasteiger charge is -2.14. The van der Waals surface area contributed by atoms with Crippen molar-refractivity contribution in [3.63, 3.8) is 0 Å². The standard InChI is InChI=1S/C19H20ClN3OS2/c1-4-15-12(2)21-19(16-9-10-17(20)25-16)23-18(15)22-14-7-5-13(6-8-14)11-26(3)24/h5-10H,4,11H2,1-3H3,(H,21,22,23). The van der Waals surface area contributed by atoms with Gasteiger partial charge in [-0.25, -0.2) is 9.97 Å². The number of aromatic nitrogens is 2. The Kier molecular flexibility index (Phi) is 6.06. The van der Waals surface area contributed by atoms with Crippen LogP contribution < -0.4 is 5.32 Å². The van der Waals surface area contributed by atoms with Crippen molar-refractivity contribution in [1.29, 1.82) is 0 Å². The molecule has 26 heavy (non-hydrogen) atoms. The van der Waals surface area contributed by atoms with E-state index in [4.69, 9.17) is 16.6 Å². The second-order valence-corrected chi connectivity index (χ2v) is 9.11. The molecule has 136 valence electrons. The molecule has 2 aromatic heterocycles. The highest BCUT2D eigenvalue weighted by atomic mass is 35.5. The summed E-state index contributed by atoms with van der Waals surface area (Å²) in [7, 11) is -0.842. The van der Waals surface area contributed by atoms with E-state index in [1.165, 1.54) is 11.3 Å². The van der Waals surface area contributed by atoms with Crippen LogP contribution >= 0.6 is 22.9 Å². The summed E-state index contributed by atoms with van der Waals surface area (Å²) in [5.74, 6) is 2.06. The number of anilines is 2. The Bertz CT molecular complexity index is 938. The first-order chi connectivity index (χ1) is 12.5. The van der Waals surface area contributed by atoms with E-state index < -0.39 is 10.8 Å². The van der Waals surface area contributed by atoms with Crippen molar-refractivity contribution in [3.8, 4) is 10.7 Å². The molecule has 0 aliphatic carbocycles. The van der Waals surface area contributed by atoms with Crippen LogP contribution in [0.5, 0.6) is 0 Å². The smallest absolute Gasteiger partial charge is 0.171 e. The van der Waals surface area contributed by atoms with Gasteiger partial charge in [-0.3, -0.25) is 4.21 Å². The number of hydrogen-bond donors (Lipinski definition) is 1. The lowest BCUT2D eigenvalue weighted by molar-refractivity contribution is 0.686. The molecule has 0 spiro atoms. The van der Waals surface area contributed by atoms with Gasteiger partial charge in [-0.15, -0.1) is 11.3 Å². The van der Waals surface area contributed by atoms with Crippen LogP contribution in [-0.4, -0.2) is 20.4 Å². The van der Waals surface area contributed by atoms with E-state index in [0.29, 0.717) is 11.6 Å². The normalized spacial score (nSPS) is 12.2. The number of rotatable bonds is 6. The van der Waals surface area contributed by atoms with Gasteiger partial charge in [0.05, 0.1) is 9.21 Å². The third-order valence-electron chi connectivity index (χ3n) is 3.95. The van der Waals surface area contributed by atoms with Crippen LogP contribution in [0.1, 0.15) is 23.7 Å². The number of nitrogens with one attached hydrogen (secondary N) is 1. The molecule has 0 aliphatic heterocycles. The third-order valence-corrected chi connectivity index (χ3v) is 5.91. The van der Waals surface area contributed by atoms with Crippen LogP contribution in [0.3, 0.4) is 0 Å². The molecule has 1 N–H and O–H groups in total. The van der Waals surface area contributed by atoms with Crippen molar-refractivity contribution in [2.45, 2.75) is 26.0 Å².